The van der Waals surface area contributed by atoms with Crippen LogP contribution in [0.1, 0.15) is 18.0 Å². The molecule has 0 unspecified atom stereocenters. The Hall–Kier alpha value is -1.42. The minimum Gasteiger partial charge on any atom is -0.481 e. The number of carboxylic acids is 1. The van der Waals surface area contributed by atoms with Gasteiger partial charge in [0.1, 0.15) is 0 Å². The lowest BCUT2D eigenvalue weighted by Gasteiger charge is -2.22. The topological polar surface area (TPSA) is 53.4 Å². The normalized spacial score (nSPS) is 26.7. The van der Waals surface area contributed by atoms with Crippen LogP contribution >= 0.6 is 0 Å². The smallest absolute Gasteiger partial charge is 0.308 e. The Morgan fingerprint density at radius 2 is 2.47 bits per heavy atom. The summed E-state index contributed by atoms with van der Waals surface area (Å²) in [6.45, 7) is 0.830. The van der Waals surface area contributed by atoms with Gasteiger partial charge in [-0.15, -0.1) is 0 Å². The molecule has 80 valence electrons. The van der Waals surface area contributed by atoms with E-state index in [4.69, 9.17) is 5.11 Å². The Kier molecular flexibility index (Phi) is 2.68. The maximum Gasteiger partial charge on any atom is 0.308 e. The number of rotatable bonds is 2. The molecule has 0 aliphatic carbocycles. The molecule has 0 aromatic carbocycles. The van der Waals surface area contributed by atoms with Crippen molar-refractivity contribution in [3.8, 4) is 0 Å². The molecule has 0 radical (unpaired) electrons. The Balaban J connectivity index is 2.29. The van der Waals surface area contributed by atoms with Crippen molar-refractivity contribution < 1.29 is 9.90 Å². The first-order valence-corrected chi connectivity index (χ1v) is 5.03. The summed E-state index contributed by atoms with van der Waals surface area (Å²) in [6.07, 6.45) is 4.17. The van der Waals surface area contributed by atoms with Gasteiger partial charge in [0.05, 0.1) is 5.92 Å². The van der Waals surface area contributed by atoms with Crippen molar-refractivity contribution in [3.63, 3.8) is 0 Å². The first-order valence-electron chi connectivity index (χ1n) is 5.03. The van der Waals surface area contributed by atoms with Crippen LogP contribution in [0.5, 0.6) is 0 Å². The molecule has 0 saturated carbocycles. The average molecular weight is 206 g/mol. The Labute approximate surface area is 88.6 Å². The summed E-state index contributed by atoms with van der Waals surface area (Å²) in [5.74, 6) is -1.02. The van der Waals surface area contributed by atoms with Crippen molar-refractivity contribution in [2.45, 2.75) is 12.5 Å². The molecule has 1 aliphatic heterocycles. The predicted octanol–water partition coefficient (Wildman–Crippen LogP) is 1.16. The maximum atomic E-state index is 11.1. The van der Waals surface area contributed by atoms with E-state index in [-0.39, 0.29) is 12.0 Å². The molecule has 1 aliphatic rings. The van der Waals surface area contributed by atoms with Crippen LogP contribution in [0.15, 0.2) is 24.5 Å². The number of carbonyl (C=O) groups is 1. The van der Waals surface area contributed by atoms with Crippen LogP contribution in [-0.4, -0.2) is 34.6 Å². The van der Waals surface area contributed by atoms with Gasteiger partial charge < -0.3 is 5.11 Å². The fourth-order valence-electron chi connectivity index (χ4n) is 2.24. The van der Waals surface area contributed by atoms with Gasteiger partial charge in [0.2, 0.25) is 0 Å². The van der Waals surface area contributed by atoms with Gasteiger partial charge in [-0.3, -0.25) is 14.7 Å². The zero-order chi connectivity index (χ0) is 10.8. The van der Waals surface area contributed by atoms with Crippen LogP contribution < -0.4 is 0 Å². The van der Waals surface area contributed by atoms with Gasteiger partial charge in [0.25, 0.3) is 0 Å². The summed E-state index contributed by atoms with van der Waals surface area (Å²) in [7, 11) is 1.96. The fraction of sp³-hybridized carbons (Fsp3) is 0.455. The number of likely N-dealkylation sites (tertiary alicyclic amines) is 1. The van der Waals surface area contributed by atoms with Gasteiger partial charge in [-0.1, -0.05) is 6.07 Å². The molecule has 1 fully saturated rings. The lowest BCUT2D eigenvalue weighted by Crippen LogP contribution is -2.25. The molecular formula is C11H14N2O2. The SMILES string of the molecule is CN1CC[C@H](C(=O)O)[C@H]1c1cccnc1. The van der Waals surface area contributed by atoms with E-state index in [1.807, 2.05) is 19.2 Å². The third-order valence-corrected chi connectivity index (χ3v) is 2.99. The van der Waals surface area contributed by atoms with Gasteiger partial charge in [0, 0.05) is 18.4 Å². The van der Waals surface area contributed by atoms with Gasteiger partial charge >= 0.3 is 5.97 Å². The van der Waals surface area contributed by atoms with Gasteiger partial charge in [-0.25, -0.2) is 0 Å². The monoisotopic (exact) mass is 206 g/mol. The van der Waals surface area contributed by atoms with Crippen molar-refractivity contribution in [1.29, 1.82) is 0 Å². The summed E-state index contributed by atoms with van der Waals surface area (Å²) in [5, 5.41) is 9.12. The summed E-state index contributed by atoms with van der Waals surface area (Å²) >= 11 is 0. The summed E-state index contributed by atoms with van der Waals surface area (Å²) in [5.41, 5.74) is 0.991. The predicted molar refractivity (Wildman–Crippen MR) is 55.4 cm³/mol. The highest BCUT2D eigenvalue weighted by atomic mass is 16.4. The second-order valence-corrected chi connectivity index (χ2v) is 3.95. The lowest BCUT2D eigenvalue weighted by molar-refractivity contribution is -0.142. The van der Waals surface area contributed by atoms with E-state index >= 15 is 0 Å². The number of aromatic nitrogens is 1. The van der Waals surface area contributed by atoms with Crippen LogP contribution in [-0.2, 0) is 4.79 Å². The summed E-state index contributed by atoms with van der Waals surface area (Å²) < 4.78 is 0. The van der Waals surface area contributed by atoms with Crippen molar-refractivity contribution in [3.05, 3.63) is 30.1 Å². The standard InChI is InChI=1S/C11H14N2O2/c1-13-6-4-9(11(14)15)10(13)8-3-2-5-12-7-8/h2-3,5,7,9-10H,4,6H2,1H3,(H,14,15)/t9-,10+/m0/s1. The molecular weight excluding hydrogens is 192 g/mol. The highest BCUT2D eigenvalue weighted by Gasteiger charge is 2.37. The highest BCUT2D eigenvalue weighted by Crippen LogP contribution is 2.35. The van der Waals surface area contributed by atoms with Crippen LogP contribution in [0.2, 0.25) is 0 Å². The van der Waals surface area contributed by atoms with Gasteiger partial charge in [-0.05, 0) is 31.6 Å². The molecule has 1 saturated heterocycles. The maximum absolute atomic E-state index is 11.1. The molecule has 2 atom stereocenters. The molecule has 1 aromatic rings. The quantitative estimate of drug-likeness (QED) is 0.789. The number of carboxylic acid groups (broad SMARTS) is 1. The highest BCUT2D eigenvalue weighted by molar-refractivity contribution is 5.71. The lowest BCUT2D eigenvalue weighted by atomic mass is 9.95. The van der Waals surface area contributed by atoms with Crippen LogP contribution in [0.4, 0.5) is 0 Å². The van der Waals surface area contributed by atoms with Crippen LogP contribution in [0.3, 0.4) is 0 Å². The molecule has 4 heteroatoms. The molecule has 2 rings (SSSR count). The second-order valence-electron chi connectivity index (χ2n) is 3.95. The zero-order valence-corrected chi connectivity index (χ0v) is 8.63. The van der Waals surface area contributed by atoms with Crippen LogP contribution in [0, 0.1) is 5.92 Å². The molecule has 2 heterocycles. The number of hydrogen-bond acceptors (Lipinski definition) is 3. The minimum atomic E-state index is -0.715. The first-order chi connectivity index (χ1) is 7.20. The number of aliphatic carboxylic acids is 1. The van der Waals surface area contributed by atoms with E-state index in [0.717, 1.165) is 12.1 Å². The van der Waals surface area contributed by atoms with Crippen molar-refractivity contribution >= 4 is 5.97 Å². The molecule has 0 bridgehead atoms. The van der Waals surface area contributed by atoms with E-state index in [1.165, 1.54) is 0 Å². The van der Waals surface area contributed by atoms with E-state index < -0.39 is 5.97 Å². The number of hydrogen-bond donors (Lipinski definition) is 1. The fourth-order valence-corrected chi connectivity index (χ4v) is 2.24. The largest absolute Gasteiger partial charge is 0.481 e. The minimum absolute atomic E-state index is 0.0313. The molecule has 0 amide bonds. The molecule has 4 nitrogen and oxygen atoms in total. The van der Waals surface area contributed by atoms with E-state index in [2.05, 4.69) is 9.88 Å². The zero-order valence-electron chi connectivity index (χ0n) is 8.63. The van der Waals surface area contributed by atoms with E-state index in [0.29, 0.717) is 6.42 Å². The first kappa shape index (κ1) is 10.1. The molecule has 1 aromatic heterocycles. The summed E-state index contributed by atoms with van der Waals surface area (Å²) in [4.78, 5) is 17.2. The van der Waals surface area contributed by atoms with Gasteiger partial charge in [-0.2, -0.15) is 0 Å². The van der Waals surface area contributed by atoms with Crippen LogP contribution in [0.25, 0.3) is 0 Å². The Morgan fingerprint density at radius 1 is 1.67 bits per heavy atom. The van der Waals surface area contributed by atoms with E-state index in [9.17, 15) is 4.79 Å². The second kappa shape index (κ2) is 3.98. The Morgan fingerprint density at radius 3 is 3.07 bits per heavy atom. The third kappa shape index (κ3) is 1.85. The average Bonchev–Trinajstić information content (AvgIpc) is 2.61. The summed E-state index contributed by atoms with van der Waals surface area (Å²) in [6, 6.07) is 3.76. The molecule has 15 heavy (non-hydrogen) atoms. The molecule has 0 spiro atoms. The van der Waals surface area contributed by atoms with Crippen molar-refractivity contribution in [2.24, 2.45) is 5.92 Å². The number of pyridine rings is 1. The van der Waals surface area contributed by atoms with Crippen molar-refractivity contribution in [1.82, 2.24) is 9.88 Å². The third-order valence-electron chi connectivity index (χ3n) is 2.99. The van der Waals surface area contributed by atoms with Crippen molar-refractivity contribution in [2.75, 3.05) is 13.6 Å². The Bertz CT molecular complexity index is 353. The molecule has 1 N–H and O–H groups in total. The van der Waals surface area contributed by atoms with Gasteiger partial charge in [0.15, 0.2) is 0 Å². The number of nitrogens with zero attached hydrogens (tertiary/aromatic N) is 2. The van der Waals surface area contributed by atoms with E-state index in [1.54, 1.807) is 12.4 Å².